The van der Waals surface area contributed by atoms with Crippen molar-refractivity contribution in [3.05, 3.63) is 28.2 Å². The average Bonchev–Trinajstić information content (AvgIpc) is 2.65. The minimum atomic E-state index is 0. The minimum Gasteiger partial charge on any atom is -0.496 e. The highest BCUT2D eigenvalue weighted by molar-refractivity contribution is 14.0. The van der Waals surface area contributed by atoms with E-state index >= 15 is 0 Å². The number of nitrogens with zero attached hydrogens (tertiary/aromatic N) is 2. The number of halogens is 2. The maximum absolute atomic E-state index is 5.46. The van der Waals surface area contributed by atoms with Crippen molar-refractivity contribution in [1.82, 2.24) is 15.5 Å². The fourth-order valence-electron chi connectivity index (χ4n) is 2.96. The molecule has 154 valence electrons. The Balaban J connectivity index is 0.00000364. The van der Waals surface area contributed by atoms with E-state index in [4.69, 9.17) is 14.5 Å². The molecule has 1 heterocycles. The lowest BCUT2D eigenvalue weighted by Crippen LogP contribution is -2.56. The molecule has 27 heavy (non-hydrogen) atoms. The summed E-state index contributed by atoms with van der Waals surface area (Å²) in [6.07, 6.45) is 0. The average molecular weight is 555 g/mol. The van der Waals surface area contributed by atoms with E-state index in [2.05, 4.69) is 52.2 Å². The first-order chi connectivity index (χ1) is 12.5. The summed E-state index contributed by atoms with van der Waals surface area (Å²) in [5.41, 5.74) is 1.08. The zero-order valence-corrected chi connectivity index (χ0v) is 20.6. The van der Waals surface area contributed by atoms with Crippen LogP contribution in [0.25, 0.3) is 0 Å². The number of methoxy groups -OCH3 is 1. The van der Waals surface area contributed by atoms with Crippen molar-refractivity contribution in [3.8, 4) is 5.75 Å². The molecule has 0 radical (unpaired) electrons. The van der Waals surface area contributed by atoms with Crippen molar-refractivity contribution in [1.29, 1.82) is 0 Å². The third kappa shape index (κ3) is 7.75. The lowest BCUT2D eigenvalue weighted by Gasteiger charge is -2.41. The molecule has 0 saturated carbocycles. The molecule has 8 heteroatoms. The van der Waals surface area contributed by atoms with Gasteiger partial charge in [-0.25, -0.2) is 4.99 Å². The fourth-order valence-corrected chi connectivity index (χ4v) is 3.37. The first-order valence-corrected chi connectivity index (χ1v) is 9.93. The first kappa shape index (κ1) is 24.5. The van der Waals surface area contributed by atoms with Crippen molar-refractivity contribution in [3.63, 3.8) is 0 Å². The molecule has 1 aromatic rings. The van der Waals surface area contributed by atoms with Gasteiger partial charge in [-0.3, -0.25) is 4.90 Å². The maximum atomic E-state index is 5.46. The van der Waals surface area contributed by atoms with Gasteiger partial charge < -0.3 is 20.1 Å². The third-order valence-corrected chi connectivity index (χ3v) is 5.04. The van der Waals surface area contributed by atoms with Crippen molar-refractivity contribution in [2.45, 2.75) is 32.9 Å². The molecule has 0 bridgehead atoms. The standard InChI is InChI=1S/C19H31BrN4O2.HI/c1-5-21-18(22-13-15-12-16(20)6-7-17(15)25-4)23-14-19(2,3)24-8-10-26-11-9-24;/h6-7,12H,5,8-11,13-14H2,1-4H3,(H2,21,22,23);1H. The number of aliphatic imine (C=N–C) groups is 1. The molecule has 0 amide bonds. The van der Waals surface area contributed by atoms with Crippen LogP contribution < -0.4 is 15.4 Å². The van der Waals surface area contributed by atoms with Gasteiger partial charge in [-0.05, 0) is 39.0 Å². The van der Waals surface area contributed by atoms with E-state index < -0.39 is 0 Å². The van der Waals surface area contributed by atoms with Gasteiger partial charge in [0.1, 0.15) is 5.75 Å². The summed E-state index contributed by atoms with van der Waals surface area (Å²) in [4.78, 5) is 7.19. The summed E-state index contributed by atoms with van der Waals surface area (Å²) >= 11 is 3.51. The molecule has 1 aromatic carbocycles. The number of hydrogen-bond acceptors (Lipinski definition) is 4. The number of morpholine rings is 1. The molecule has 1 aliphatic heterocycles. The van der Waals surface area contributed by atoms with Crippen LogP contribution in [0.2, 0.25) is 0 Å². The van der Waals surface area contributed by atoms with Gasteiger partial charge in [0.05, 0.1) is 26.9 Å². The normalized spacial score (nSPS) is 15.8. The largest absolute Gasteiger partial charge is 0.496 e. The second-order valence-electron chi connectivity index (χ2n) is 6.92. The molecular formula is C19H32BrIN4O2. The van der Waals surface area contributed by atoms with E-state index in [-0.39, 0.29) is 29.5 Å². The van der Waals surface area contributed by atoms with E-state index in [9.17, 15) is 0 Å². The summed E-state index contributed by atoms with van der Waals surface area (Å²) in [5.74, 6) is 1.66. The summed E-state index contributed by atoms with van der Waals surface area (Å²) in [5, 5.41) is 6.81. The molecule has 0 atom stereocenters. The molecule has 1 aliphatic rings. The van der Waals surface area contributed by atoms with E-state index in [1.165, 1.54) is 0 Å². The Morgan fingerprint density at radius 2 is 2.00 bits per heavy atom. The monoisotopic (exact) mass is 554 g/mol. The Morgan fingerprint density at radius 1 is 1.30 bits per heavy atom. The molecule has 0 aromatic heterocycles. The second kappa shape index (κ2) is 12.1. The lowest BCUT2D eigenvalue weighted by molar-refractivity contribution is -0.00834. The van der Waals surface area contributed by atoms with Gasteiger partial charge in [0.25, 0.3) is 0 Å². The number of nitrogens with one attached hydrogen (secondary N) is 2. The summed E-state index contributed by atoms with van der Waals surface area (Å²) < 4.78 is 11.9. The van der Waals surface area contributed by atoms with Crippen LogP contribution >= 0.6 is 39.9 Å². The summed E-state index contributed by atoms with van der Waals surface area (Å²) in [6, 6.07) is 5.97. The molecular weight excluding hydrogens is 523 g/mol. The molecule has 2 N–H and O–H groups in total. The second-order valence-corrected chi connectivity index (χ2v) is 7.83. The van der Waals surface area contributed by atoms with Crippen LogP contribution in [0.3, 0.4) is 0 Å². The summed E-state index contributed by atoms with van der Waals surface area (Å²) in [7, 11) is 1.69. The van der Waals surface area contributed by atoms with Gasteiger partial charge >= 0.3 is 0 Å². The van der Waals surface area contributed by atoms with Crippen LogP contribution in [-0.4, -0.2) is 62.9 Å². The maximum Gasteiger partial charge on any atom is 0.191 e. The Hall–Kier alpha value is -0.580. The molecule has 0 unspecified atom stereocenters. The van der Waals surface area contributed by atoms with Crippen molar-refractivity contribution in [2.24, 2.45) is 4.99 Å². The zero-order valence-electron chi connectivity index (χ0n) is 16.7. The molecule has 0 aliphatic carbocycles. The molecule has 1 fully saturated rings. The number of rotatable bonds is 7. The van der Waals surface area contributed by atoms with Crippen LogP contribution in [0, 0.1) is 0 Å². The summed E-state index contributed by atoms with van der Waals surface area (Å²) in [6.45, 7) is 12.3. The quantitative estimate of drug-likeness (QED) is 0.308. The van der Waals surface area contributed by atoms with Crippen molar-refractivity contribution < 1.29 is 9.47 Å². The topological polar surface area (TPSA) is 58.1 Å². The third-order valence-electron chi connectivity index (χ3n) is 4.55. The van der Waals surface area contributed by atoms with Gasteiger partial charge in [0, 0.05) is 41.8 Å². The smallest absolute Gasteiger partial charge is 0.191 e. The highest BCUT2D eigenvalue weighted by Crippen LogP contribution is 2.23. The Bertz CT molecular complexity index is 607. The van der Waals surface area contributed by atoms with Crippen LogP contribution in [0.1, 0.15) is 26.3 Å². The van der Waals surface area contributed by atoms with Crippen LogP contribution in [-0.2, 0) is 11.3 Å². The predicted molar refractivity (Wildman–Crippen MR) is 125 cm³/mol. The van der Waals surface area contributed by atoms with Crippen molar-refractivity contribution >= 4 is 45.9 Å². The minimum absolute atomic E-state index is 0. The molecule has 2 rings (SSSR count). The van der Waals surface area contributed by atoms with E-state index in [1.54, 1.807) is 7.11 Å². The van der Waals surface area contributed by atoms with E-state index in [0.29, 0.717) is 6.54 Å². The Kier molecular flexibility index (Phi) is 10.9. The number of ether oxygens (including phenoxy) is 2. The SMILES string of the molecule is CCNC(=NCc1cc(Br)ccc1OC)NCC(C)(C)N1CCOCC1.I. The van der Waals surface area contributed by atoms with Crippen molar-refractivity contribution in [2.75, 3.05) is 46.5 Å². The number of benzene rings is 1. The fraction of sp³-hybridized carbons (Fsp3) is 0.632. The predicted octanol–water partition coefficient (Wildman–Crippen LogP) is 3.24. The van der Waals surface area contributed by atoms with E-state index in [1.807, 2.05) is 18.2 Å². The number of guanidine groups is 1. The van der Waals surface area contributed by atoms with Gasteiger partial charge in [0.2, 0.25) is 0 Å². The Labute approximate surface area is 188 Å². The molecule has 6 nitrogen and oxygen atoms in total. The molecule has 0 spiro atoms. The highest BCUT2D eigenvalue weighted by atomic mass is 127. The van der Waals surface area contributed by atoms with Gasteiger partial charge in [-0.2, -0.15) is 0 Å². The first-order valence-electron chi connectivity index (χ1n) is 9.13. The Morgan fingerprint density at radius 3 is 2.63 bits per heavy atom. The van der Waals surface area contributed by atoms with Crippen LogP contribution in [0.15, 0.2) is 27.7 Å². The van der Waals surface area contributed by atoms with Gasteiger partial charge in [-0.15, -0.1) is 24.0 Å². The number of hydrogen-bond donors (Lipinski definition) is 2. The zero-order chi connectivity index (χ0) is 19.0. The van der Waals surface area contributed by atoms with Crippen LogP contribution in [0.5, 0.6) is 5.75 Å². The van der Waals surface area contributed by atoms with Gasteiger partial charge in [-0.1, -0.05) is 15.9 Å². The lowest BCUT2D eigenvalue weighted by atomic mass is 10.0. The van der Waals surface area contributed by atoms with Crippen LogP contribution in [0.4, 0.5) is 0 Å². The highest BCUT2D eigenvalue weighted by Gasteiger charge is 2.28. The van der Waals surface area contributed by atoms with Gasteiger partial charge in [0.15, 0.2) is 5.96 Å². The molecule has 1 saturated heterocycles. The van der Waals surface area contributed by atoms with E-state index in [0.717, 1.165) is 61.1 Å².